The Balaban J connectivity index is 1.16. The van der Waals surface area contributed by atoms with E-state index in [1.54, 1.807) is 10.8 Å². The van der Waals surface area contributed by atoms with Gasteiger partial charge >= 0.3 is 0 Å². The van der Waals surface area contributed by atoms with E-state index in [-0.39, 0.29) is 20.1 Å². The molecule has 0 radical (unpaired) electrons. The lowest BCUT2D eigenvalue weighted by molar-refractivity contribution is -0.122. The largest absolute Gasteiger partial charge is 0.326 e. The first-order chi connectivity index (χ1) is 19.0. The fourth-order valence-electron chi connectivity index (χ4n) is 3.72. The summed E-state index contributed by atoms with van der Waals surface area (Å²) in [6, 6.07) is 11.1. The molecule has 4 aromatic rings. The minimum absolute atomic E-state index is 0.00780. The van der Waals surface area contributed by atoms with E-state index in [1.807, 2.05) is 0 Å². The van der Waals surface area contributed by atoms with E-state index in [2.05, 4.69) is 36.6 Å². The second-order valence-corrected chi connectivity index (χ2v) is 13.6. The molecular formula is C24H20N6O6S4. The van der Waals surface area contributed by atoms with Gasteiger partial charge in [0.05, 0.1) is 21.6 Å². The maximum atomic E-state index is 12.8. The number of benzene rings is 2. The Kier molecular flexibility index (Phi) is 7.41. The van der Waals surface area contributed by atoms with Crippen LogP contribution < -0.4 is 20.1 Å². The molecule has 1 saturated carbocycles. The lowest BCUT2D eigenvalue weighted by atomic mass is 10.2. The number of carbonyl (C=O) groups excluding carboxylic acids is 2. The van der Waals surface area contributed by atoms with Crippen LogP contribution in [-0.2, 0) is 29.6 Å². The van der Waals surface area contributed by atoms with E-state index in [0.717, 1.165) is 22.7 Å². The SMILES string of the molecule is C=C1[C@H](C(=O)Nc2ccc(S(=O)(=O)Nc3nccs3)cc2)[C@H]1C(=O)Nc1ccc(S(=O)(=O)Nc2nccs2)cc1. The summed E-state index contributed by atoms with van der Waals surface area (Å²) >= 11 is 2.29. The van der Waals surface area contributed by atoms with E-state index >= 15 is 0 Å². The molecule has 0 aliphatic heterocycles. The smallest absolute Gasteiger partial charge is 0.263 e. The van der Waals surface area contributed by atoms with Gasteiger partial charge in [0.2, 0.25) is 11.8 Å². The summed E-state index contributed by atoms with van der Waals surface area (Å²) in [6.45, 7) is 3.81. The Morgan fingerprint density at radius 2 is 1.05 bits per heavy atom. The zero-order valence-electron chi connectivity index (χ0n) is 20.3. The number of sulfonamides is 2. The van der Waals surface area contributed by atoms with Gasteiger partial charge in [-0.05, 0) is 48.5 Å². The van der Waals surface area contributed by atoms with Crippen molar-refractivity contribution in [1.29, 1.82) is 0 Å². The highest BCUT2D eigenvalue weighted by molar-refractivity contribution is 7.93. The zero-order chi connectivity index (χ0) is 28.5. The number of anilines is 4. The Morgan fingerprint density at radius 1 is 0.675 bits per heavy atom. The third kappa shape index (κ3) is 6.04. The van der Waals surface area contributed by atoms with Crippen molar-refractivity contribution in [2.45, 2.75) is 9.79 Å². The van der Waals surface area contributed by atoms with Crippen LogP contribution in [0.3, 0.4) is 0 Å². The minimum Gasteiger partial charge on any atom is -0.326 e. The summed E-state index contributed by atoms with van der Waals surface area (Å²) in [4.78, 5) is 33.3. The van der Waals surface area contributed by atoms with Crippen molar-refractivity contribution < 1.29 is 26.4 Å². The average molecular weight is 617 g/mol. The predicted molar refractivity (Wildman–Crippen MR) is 152 cm³/mol. The molecule has 0 unspecified atom stereocenters. The quantitative estimate of drug-likeness (QED) is 0.195. The van der Waals surface area contributed by atoms with Gasteiger partial charge in [0.25, 0.3) is 20.0 Å². The van der Waals surface area contributed by atoms with Crippen LogP contribution in [0.25, 0.3) is 0 Å². The van der Waals surface area contributed by atoms with E-state index in [4.69, 9.17) is 0 Å². The molecule has 0 spiro atoms. The first kappa shape index (κ1) is 27.4. The summed E-state index contributed by atoms with van der Waals surface area (Å²) in [5.41, 5.74) is 1.12. The van der Waals surface area contributed by atoms with Crippen LogP contribution >= 0.6 is 22.7 Å². The Labute approximate surface area is 237 Å². The molecule has 1 aliphatic rings. The normalized spacial score (nSPS) is 16.6. The predicted octanol–water partition coefficient (Wildman–Crippen LogP) is 3.58. The lowest BCUT2D eigenvalue weighted by Crippen LogP contribution is -2.20. The van der Waals surface area contributed by atoms with E-state index in [0.29, 0.717) is 16.9 Å². The number of aromatic nitrogens is 2. The molecule has 16 heteroatoms. The maximum absolute atomic E-state index is 12.8. The van der Waals surface area contributed by atoms with Crippen LogP contribution in [0.15, 0.2) is 93.6 Å². The molecule has 2 aromatic carbocycles. The van der Waals surface area contributed by atoms with Crippen LogP contribution in [0.4, 0.5) is 21.6 Å². The molecule has 2 aromatic heterocycles. The number of nitrogens with one attached hydrogen (secondary N) is 4. The lowest BCUT2D eigenvalue weighted by Gasteiger charge is -2.09. The van der Waals surface area contributed by atoms with Gasteiger partial charge in [-0.15, -0.1) is 22.7 Å². The molecule has 1 aliphatic carbocycles. The summed E-state index contributed by atoms with van der Waals surface area (Å²) < 4.78 is 54.6. The summed E-state index contributed by atoms with van der Waals surface area (Å²) in [5.74, 6) is -2.46. The number of nitrogens with zero attached hydrogens (tertiary/aromatic N) is 2. The van der Waals surface area contributed by atoms with Gasteiger partial charge in [0.1, 0.15) is 0 Å². The van der Waals surface area contributed by atoms with E-state index in [9.17, 15) is 26.4 Å². The van der Waals surface area contributed by atoms with Crippen LogP contribution in [0.2, 0.25) is 0 Å². The van der Waals surface area contributed by atoms with Crippen molar-refractivity contribution in [2.24, 2.45) is 11.8 Å². The van der Waals surface area contributed by atoms with Gasteiger partial charge in [-0.2, -0.15) is 0 Å². The van der Waals surface area contributed by atoms with Crippen molar-refractivity contribution in [3.05, 3.63) is 83.8 Å². The molecule has 12 nitrogen and oxygen atoms in total. The fourth-order valence-corrected chi connectivity index (χ4v) is 7.30. The van der Waals surface area contributed by atoms with Crippen molar-refractivity contribution in [3.8, 4) is 0 Å². The molecule has 1 fully saturated rings. The number of hydrogen-bond donors (Lipinski definition) is 4. The highest BCUT2D eigenvalue weighted by Crippen LogP contribution is 2.45. The molecule has 40 heavy (non-hydrogen) atoms. The highest BCUT2D eigenvalue weighted by atomic mass is 32.2. The van der Waals surface area contributed by atoms with E-state index in [1.165, 1.54) is 60.9 Å². The average Bonchev–Trinajstić information content (AvgIpc) is 3.24. The van der Waals surface area contributed by atoms with Crippen molar-refractivity contribution >= 4 is 76.2 Å². The summed E-state index contributed by atoms with van der Waals surface area (Å²) in [6.07, 6.45) is 2.96. The second-order valence-electron chi connectivity index (χ2n) is 8.44. The van der Waals surface area contributed by atoms with Crippen molar-refractivity contribution in [1.82, 2.24) is 9.97 Å². The fraction of sp³-hybridized carbons (Fsp3) is 0.0833. The molecule has 0 saturated heterocycles. The summed E-state index contributed by atoms with van der Waals surface area (Å²) in [5, 5.41) is 9.08. The highest BCUT2D eigenvalue weighted by Gasteiger charge is 2.52. The van der Waals surface area contributed by atoms with Gasteiger partial charge in [0, 0.05) is 34.5 Å². The molecule has 0 bridgehead atoms. The first-order valence-corrected chi connectivity index (χ1v) is 16.1. The number of rotatable bonds is 10. The molecule has 2 heterocycles. The molecule has 5 rings (SSSR count). The van der Waals surface area contributed by atoms with Gasteiger partial charge in [-0.1, -0.05) is 12.2 Å². The van der Waals surface area contributed by atoms with Gasteiger partial charge in [-0.25, -0.2) is 26.8 Å². The minimum atomic E-state index is -3.83. The zero-order valence-corrected chi connectivity index (χ0v) is 23.5. The Morgan fingerprint density at radius 3 is 1.38 bits per heavy atom. The Bertz CT molecular complexity index is 1640. The van der Waals surface area contributed by atoms with Crippen LogP contribution in [0.1, 0.15) is 0 Å². The molecule has 206 valence electrons. The standard InChI is InChI=1S/C24H20N6O6S4/c1-14-19(21(31)27-15-2-6-17(7-3-15)39(33,34)29-23-25-10-12-37-23)20(14)22(32)28-16-4-8-18(9-5-16)40(35,36)30-24-26-11-13-38-24/h2-13,19-20H,1H2,(H,25,29)(H,26,30)(H,27,31)(H,28,32)/t19-,20-/m0/s1. The summed E-state index contributed by atoms with van der Waals surface area (Å²) in [7, 11) is -7.67. The monoisotopic (exact) mass is 616 g/mol. The molecule has 2 amide bonds. The number of amides is 2. The Hall–Kier alpha value is -4.12. The number of carbonyl (C=O) groups is 2. The topological polar surface area (TPSA) is 176 Å². The van der Waals surface area contributed by atoms with Gasteiger partial charge in [0.15, 0.2) is 10.3 Å². The molecule has 4 N–H and O–H groups in total. The molecular weight excluding hydrogens is 597 g/mol. The first-order valence-electron chi connectivity index (χ1n) is 11.4. The molecule has 2 atom stereocenters. The van der Waals surface area contributed by atoms with Crippen LogP contribution in [0.5, 0.6) is 0 Å². The number of thiazole rings is 2. The second kappa shape index (κ2) is 10.8. The third-order valence-electron chi connectivity index (χ3n) is 5.76. The van der Waals surface area contributed by atoms with Crippen LogP contribution in [0, 0.1) is 11.8 Å². The number of hydrogen-bond acceptors (Lipinski definition) is 10. The third-order valence-corrected chi connectivity index (χ3v) is 10.1. The van der Waals surface area contributed by atoms with Crippen molar-refractivity contribution in [2.75, 3.05) is 20.1 Å². The van der Waals surface area contributed by atoms with Crippen molar-refractivity contribution in [3.63, 3.8) is 0 Å². The maximum Gasteiger partial charge on any atom is 0.263 e. The van der Waals surface area contributed by atoms with Crippen LogP contribution in [-0.4, -0.2) is 38.6 Å². The van der Waals surface area contributed by atoms with E-state index < -0.39 is 43.7 Å². The van der Waals surface area contributed by atoms with Gasteiger partial charge < -0.3 is 10.6 Å². The van der Waals surface area contributed by atoms with Gasteiger partial charge in [-0.3, -0.25) is 19.0 Å².